The van der Waals surface area contributed by atoms with E-state index in [1.54, 1.807) is 12.1 Å². The maximum atomic E-state index is 12.7. The molecule has 0 aromatic heterocycles. The number of amides is 1. The standard InChI is InChI=1S/C17H16FNO2/c1-12-2-4-13(5-3-12)16(20)10-11-17(21)19-15-8-6-14(18)7-9-15/h2-9H,10-11H2,1H3,(H,19,21). The fourth-order valence-corrected chi connectivity index (χ4v) is 1.87. The summed E-state index contributed by atoms with van der Waals surface area (Å²) in [4.78, 5) is 23.7. The Kier molecular flexibility index (Phi) is 4.82. The molecule has 0 bridgehead atoms. The molecule has 0 aliphatic carbocycles. The Morgan fingerprint density at radius 1 is 0.952 bits per heavy atom. The van der Waals surface area contributed by atoms with Crippen LogP contribution in [0, 0.1) is 12.7 Å². The first-order chi connectivity index (χ1) is 10.0. The van der Waals surface area contributed by atoms with Gasteiger partial charge >= 0.3 is 0 Å². The lowest BCUT2D eigenvalue weighted by atomic mass is 10.0. The number of Topliss-reactive ketones (excluding diaryl/α,β-unsaturated/α-hetero) is 1. The molecule has 2 aromatic rings. The van der Waals surface area contributed by atoms with Gasteiger partial charge in [0.15, 0.2) is 5.78 Å². The third-order valence-corrected chi connectivity index (χ3v) is 3.08. The van der Waals surface area contributed by atoms with Gasteiger partial charge in [-0.25, -0.2) is 4.39 Å². The Morgan fingerprint density at radius 2 is 1.57 bits per heavy atom. The van der Waals surface area contributed by atoms with Crippen LogP contribution in [0.5, 0.6) is 0 Å². The lowest BCUT2D eigenvalue weighted by molar-refractivity contribution is -0.116. The van der Waals surface area contributed by atoms with Gasteiger partial charge < -0.3 is 5.32 Å². The van der Waals surface area contributed by atoms with Crippen LogP contribution in [-0.4, -0.2) is 11.7 Å². The SMILES string of the molecule is Cc1ccc(C(=O)CCC(=O)Nc2ccc(F)cc2)cc1. The van der Waals surface area contributed by atoms with E-state index < -0.39 is 0 Å². The predicted molar refractivity (Wildman–Crippen MR) is 79.8 cm³/mol. The van der Waals surface area contributed by atoms with Crippen molar-refractivity contribution in [3.8, 4) is 0 Å². The summed E-state index contributed by atoms with van der Waals surface area (Å²) in [5.74, 6) is -0.686. The van der Waals surface area contributed by atoms with Gasteiger partial charge in [-0.1, -0.05) is 29.8 Å². The molecule has 4 heteroatoms. The minimum Gasteiger partial charge on any atom is -0.326 e. The highest BCUT2D eigenvalue weighted by Gasteiger charge is 2.09. The second kappa shape index (κ2) is 6.79. The molecule has 0 saturated heterocycles. The molecule has 1 N–H and O–H groups in total. The maximum absolute atomic E-state index is 12.7. The summed E-state index contributed by atoms with van der Waals surface area (Å²) >= 11 is 0. The van der Waals surface area contributed by atoms with Crippen LogP contribution in [0.25, 0.3) is 0 Å². The van der Waals surface area contributed by atoms with Crippen molar-refractivity contribution >= 4 is 17.4 Å². The summed E-state index contributed by atoms with van der Waals surface area (Å²) in [6, 6.07) is 12.8. The quantitative estimate of drug-likeness (QED) is 0.851. The highest BCUT2D eigenvalue weighted by atomic mass is 19.1. The second-order valence-corrected chi connectivity index (χ2v) is 4.84. The third kappa shape index (κ3) is 4.53. The number of benzene rings is 2. The Bertz CT molecular complexity index is 633. The number of rotatable bonds is 5. The molecule has 2 aromatic carbocycles. The van der Waals surface area contributed by atoms with Gasteiger partial charge in [0.1, 0.15) is 5.82 Å². The van der Waals surface area contributed by atoms with Crippen molar-refractivity contribution in [3.63, 3.8) is 0 Å². The Morgan fingerprint density at radius 3 is 2.19 bits per heavy atom. The fraction of sp³-hybridized carbons (Fsp3) is 0.176. The molecule has 0 unspecified atom stereocenters. The van der Waals surface area contributed by atoms with Crippen LogP contribution >= 0.6 is 0 Å². The lowest BCUT2D eigenvalue weighted by Crippen LogP contribution is -2.13. The highest BCUT2D eigenvalue weighted by Crippen LogP contribution is 2.11. The third-order valence-electron chi connectivity index (χ3n) is 3.08. The molecule has 1 amide bonds. The van der Waals surface area contributed by atoms with Crippen LogP contribution in [0.2, 0.25) is 0 Å². The van der Waals surface area contributed by atoms with Gasteiger partial charge in [-0.3, -0.25) is 9.59 Å². The molecule has 0 saturated carbocycles. The topological polar surface area (TPSA) is 46.2 Å². The Labute approximate surface area is 122 Å². The van der Waals surface area contributed by atoms with E-state index in [2.05, 4.69) is 5.32 Å². The number of aryl methyl sites for hydroxylation is 1. The molecule has 108 valence electrons. The van der Waals surface area contributed by atoms with E-state index in [4.69, 9.17) is 0 Å². The average molecular weight is 285 g/mol. The summed E-state index contributed by atoms with van der Waals surface area (Å²) in [7, 11) is 0. The largest absolute Gasteiger partial charge is 0.326 e. The summed E-state index contributed by atoms with van der Waals surface area (Å²) in [5, 5.41) is 2.63. The Hall–Kier alpha value is -2.49. The zero-order valence-electron chi connectivity index (χ0n) is 11.7. The summed E-state index contributed by atoms with van der Waals surface area (Å²) in [5.41, 5.74) is 2.21. The van der Waals surface area contributed by atoms with Crippen LogP contribution in [0.3, 0.4) is 0 Å². The fourth-order valence-electron chi connectivity index (χ4n) is 1.87. The number of halogens is 1. The number of hydrogen-bond acceptors (Lipinski definition) is 2. The van der Waals surface area contributed by atoms with Gasteiger partial charge in [0, 0.05) is 24.1 Å². The molecule has 0 atom stereocenters. The summed E-state index contributed by atoms with van der Waals surface area (Å²) < 4.78 is 12.7. The maximum Gasteiger partial charge on any atom is 0.224 e. The highest BCUT2D eigenvalue weighted by molar-refractivity contribution is 6.00. The van der Waals surface area contributed by atoms with Gasteiger partial charge in [0.25, 0.3) is 0 Å². The first-order valence-corrected chi connectivity index (χ1v) is 6.70. The monoisotopic (exact) mass is 285 g/mol. The minimum atomic E-state index is -0.359. The smallest absolute Gasteiger partial charge is 0.224 e. The van der Waals surface area contributed by atoms with E-state index >= 15 is 0 Å². The molecule has 0 spiro atoms. The molecule has 0 aliphatic heterocycles. The summed E-state index contributed by atoms with van der Waals surface area (Å²) in [6.07, 6.45) is 0.250. The van der Waals surface area contributed by atoms with Crippen LogP contribution in [-0.2, 0) is 4.79 Å². The van der Waals surface area contributed by atoms with Crippen molar-refractivity contribution in [2.24, 2.45) is 0 Å². The van der Waals surface area contributed by atoms with Gasteiger partial charge in [-0.05, 0) is 31.2 Å². The van der Waals surface area contributed by atoms with Crippen molar-refractivity contribution in [1.29, 1.82) is 0 Å². The van der Waals surface area contributed by atoms with E-state index in [-0.39, 0.29) is 30.3 Å². The van der Waals surface area contributed by atoms with Crippen molar-refractivity contribution in [1.82, 2.24) is 0 Å². The molecule has 0 fully saturated rings. The number of nitrogens with one attached hydrogen (secondary N) is 1. The van der Waals surface area contributed by atoms with E-state index in [0.717, 1.165) is 5.56 Å². The predicted octanol–water partition coefficient (Wildman–Crippen LogP) is 3.74. The number of ketones is 1. The normalized spacial score (nSPS) is 10.2. The van der Waals surface area contributed by atoms with Crippen LogP contribution in [0.1, 0.15) is 28.8 Å². The van der Waals surface area contributed by atoms with E-state index in [9.17, 15) is 14.0 Å². The number of carbonyl (C=O) groups is 2. The van der Waals surface area contributed by atoms with Crippen molar-refractivity contribution in [2.75, 3.05) is 5.32 Å². The second-order valence-electron chi connectivity index (χ2n) is 4.84. The molecular weight excluding hydrogens is 269 g/mol. The minimum absolute atomic E-state index is 0.0655. The molecule has 0 heterocycles. The molecule has 21 heavy (non-hydrogen) atoms. The lowest BCUT2D eigenvalue weighted by Gasteiger charge is -2.05. The first-order valence-electron chi connectivity index (χ1n) is 6.70. The number of carbonyl (C=O) groups excluding carboxylic acids is 2. The average Bonchev–Trinajstić information content (AvgIpc) is 2.48. The van der Waals surface area contributed by atoms with E-state index in [1.165, 1.54) is 24.3 Å². The molecule has 0 radical (unpaired) electrons. The van der Waals surface area contributed by atoms with Crippen molar-refractivity contribution in [3.05, 3.63) is 65.5 Å². The van der Waals surface area contributed by atoms with Crippen molar-refractivity contribution in [2.45, 2.75) is 19.8 Å². The van der Waals surface area contributed by atoms with E-state index in [1.807, 2.05) is 19.1 Å². The number of hydrogen-bond donors (Lipinski definition) is 1. The van der Waals surface area contributed by atoms with Crippen molar-refractivity contribution < 1.29 is 14.0 Å². The molecule has 3 nitrogen and oxygen atoms in total. The van der Waals surface area contributed by atoms with Crippen LogP contribution in [0.4, 0.5) is 10.1 Å². The zero-order chi connectivity index (χ0) is 15.2. The summed E-state index contributed by atoms with van der Waals surface area (Å²) in [6.45, 7) is 1.95. The van der Waals surface area contributed by atoms with Gasteiger partial charge in [-0.15, -0.1) is 0 Å². The molecule has 0 aliphatic rings. The Balaban J connectivity index is 1.84. The van der Waals surface area contributed by atoms with Crippen LogP contribution in [0.15, 0.2) is 48.5 Å². The number of anilines is 1. The molecule has 2 rings (SSSR count). The first kappa shape index (κ1) is 14.9. The van der Waals surface area contributed by atoms with Gasteiger partial charge in [0.2, 0.25) is 5.91 Å². The van der Waals surface area contributed by atoms with E-state index in [0.29, 0.717) is 11.3 Å². The zero-order valence-corrected chi connectivity index (χ0v) is 11.7. The molecular formula is C17H16FNO2. The van der Waals surface area contributed by atoms with Gasteiger partial charge in [-0.2, -0.15) is 0 Å². The van der Waals surface area contributed by atoms with Crippen LogP contribution < -0.4 is 5.32 Å². The van der Waals surface area contributed by atoms with Gasteiger partial charge in [0.05, 0.1) is 0 Å².